The van der Waals surface area contributed by atoms with Gasteiger partial charge >= 0.3 is 0 Å². The highest BCUT2D eigenvalue weighted by atomic mass is 16.3. The van der Waals surface area contributed by atoms with Gasteiger partial charge in [0.05, 0.1) is 0 Å². The van der Waals surface area contributed by atoms with E-state index in [-0.39, 0.29) is 11.8 Å². The highest BCUT2D eigenvalue weighted by molar-refractivity contribution is 5.74. The number of phenolic OH excluding ortho intramolecular Hbond substituents is 2. The Morgan fingerprint density at radius 3 is 1.31 bits per heavy atom. The molecule has 0 saturated carbocycles. The molecule has 0 amide bonds. The van der Waals surface area contributed by atoms with Crippen LogP contribution in [0.1, 0.15) is 50.7 Å². The summed E-state index contributed by atoms with van der Waals surface area (Å²) in [7, 11) is 0. The van der Waals surface area contributed by atoms with Crippen LogP contribution in [-0.2, 0) is 0 Å². The van der Waals surface area contributed by atoms with Crippen LogP contribution in [0, 0.1) is 0 Å². The Balaban J connectivity index is 2.05. The quantitative estimate of drug-likeness (QED) is 0.553. The molecule has 0 heterocycles. The van der Waals surface area contributed by atoms with Crippen molar-refractivity contribution in [3.63, 3.8) is 0 Å². The molecule has 0 fully saturated rings. The van der Waals surface area contributed by atoms with E-state index in [4.69, 9.17) is 0 Å². The first-order chi connectivity index (χ1) is 12.4. The third-order valence-corrected chi connectivity index (χ3v) is 4.83. The van der Waals surface area contributed by atoms with Crippen molar-refractivity contribution in [3.05, 3.63) is 71.8 Å². The molecule has 3 aromatic rings. The molecule has 0 bridgehead atoms. The van der Waals surface area contributed by atoms with E-state index in [0.29, 0.717) is 11.5 Å². The summed E-state index contributed by atoms with van der Waals surface area (Å²) in [6.07, 6.45) is 0. The fourth-order valence-corrected chi connectivity index (χ4v) is 3.27. The molecule has 3 rings (SSSR count). The summed E-state index contributed by atoms with van der Waals surface area (Å²) < 4.78 is 0. The van der Waals surface area contributed by atoms with Crippen LogP contribution in [0.3, 0.4) is 0 Å². The van der Waals surface area contributed by atoms with E-state index in [2.05, 4.69) is 64.1 Å². The molecular weight excluding hydrogens is 320 g/mol. The molecule has 0 radical (unpaired) electrons. The van der Waals surface area contributed by atoms with E-state index in [1.807, 2.05) is 12.1 Å². The Bertz CT molecular complexity index is 850. The van der Waals surface area contributed by atoms with Gasteiger partial charge in [0.1, 0.15) is 11.5 Å². The first-order valence-electron chi connectivity index (χ1n) is 9.13. The normalized spacial score (nSPS) is 11.3. The van der Waals surface area contributed by atoms with Crippen LogP contribution in [0.5, 0.6) is 11.5 Å². The van der Waals surface area contributed by atoms with Gasteiger partial charge in [-0.1, -0.05) is 58.0 Å². The van der Waals surface area contributed by atoms with Crippen LogP contribution < -0.4 is 0 Å². The number of rotatable bonds is 4. The molecule has 0 saturated heterocycles. The van der Waals surface area contributed by atoms with Gasteiger partial charge in [0.25, 0.3) is 0 Å². The zero-order valence-electron chi connectivity index (χ0n) is 15.8. The minimum atomic E-state index is 0.267. The van der Waals surface area contributed by atoms with Gasteiger partial charge in [-0.25, -0.2) is 0 Å². The van der Waals surface area contributed by atoms with Gasteiger partial charge < -0.3 is 10.2 Å². The zero-order chi connectivity index (χ0) is 18.8. The van der Waals surface area contributed by atoms with Crippen LogP contribution in [0.2, 0.25) is 0 Å². The fourth-order valence-electron chi connectivity index (χ4n) is 3.27. The molecule has 26 heavy (non-hydrogen) atoms. The maximum absolute atomic E-state index is 10.1. The molecular formula is C24H26O2. The van der Waals surface area contributed by atoms with Gasteiger partial charge in [0.2, 0.25) is 0 Å². The molecule has 0 aliphatic heterocycles. The van der Waals surface area contributed by atoms with Crippen molar-refractivity contribution < 1.29 is 10.2 Å². The second-order valence-electron chi connectivity index (χ2n) is 7.44. The zero-order valence-corrected chi connectivity index (χ0v) is 15.8. The SMILES string of the molecule is CC(C)c1cc(-c2cccc(-c3ccc(O)c(C(C)C)c3)c2)ccc1O. The summed E-state index contributed by atoms with van der Waals surface area (Å²) in [6.45, 7) is 8.33. The number of hydrogen-bond acceptors (Lipinski definition) is 2. The summed E-state index contributed by atoms with van der Waals surface area (Å²) in [5.74, 6) is 1.23. The second kappa shape index (κ2) is 7.25. The predicted octanol–water partition coefficient (Wildman–Crippen LogP) is 6.68. The van der Waals surface area contributed by atoms with Gasteiger partial charge in [-0.05, 0) is 75.5 Å². The lowest BCUT2D eigenvalue weighted by Crippen LogP contribution is -1.91. The standard InChI is InChI=1S/C24H26O2/c1-15(2)21-13-19(8-10-23(21)25)17-6-5-7-18(12-17)20-9-11-24(26)22(14-20)16(3)4/h5-16,25-26H,1-4H3. The number of benzene rings is 3. The molecule has 0 aliphatic carbocycles. The molecule has 2 nitrogen and oxygen atoms in total. The fraction of sp³-hybridized carbons (Fsp3) is 0.250. The van der Waals surface area contributed by atoms with Gasteiger partial charge in [-0.2, -0.15) is 0 Å². The lowest BCUT2D eigenvalue weighted by Gasteiger charge is -2.13. The van der Waals surface area contributed by atoms with Crippen LogP contribution in [0.4, 0.5) is 0 Å². The minimum absolute atomic E-state index is 0.267. The molecule has 2 heteroatoms. The van der Waals surface area contributed by atoms with Gasteiger partial charge in [-0.3, -0.25) is 0 Å². The topological polar surface area (TPSA) is 40.5 Å². The van der Waals surface area contributed by atoms with Crippen molar-refractivity contribution in [3.8, 4) is 33.8 Å². The number of aromatic hydroxyl groups is 2. The highest BCUT2D eigenvalue weighted by Gasteiger charge is 2.11. The number of phenols is 2. The van der Waals surface area contributed by atoms with Crippen molar-refractivity contribution in [2.75, 3.05) is 0 Å². The Kier molecular flexibility index (Phi) is 5.03. The largest absolute Gasteiger partial charge is 0.508 e. The maximum atomic E-state index is 10.1. The van der Waals surface area contributed by atoms with Crippen molar-refractivity contribution in [1.29, 1.82) is 0 Å². The predicted molar refractivity (Wildman–Crippen MR) is 109 cm³/mol. The summed E-state index contributed by atoms with van der Waals surface area (Å²) >= 11 is 0. The first-order valence-corrected chi connectivity index (χ1v) is 9.13. The van der Waals surface area contributed by atoms with Crippen molar-refractivity contribution >= 4 is 0 Å². The Hall–Kier alpha value is -2.74. The Morgan fingerprint density at radius 1 is 0.538 bits per heavy atom. The van der Waals surface area contributed by atoms with E-state index in [1.165, 1.54) is 0 Å². The van der Waals surface area contributed by atoms with Crippen molar-refractivity contribution in [2.24, 2.45) is 0 Å². The van der Waals surface area contributed by atoms with Gasteiger partial charge in [0, 0.05) is 0 Å². The number of hydrogen-bond donors (Lipinski definition) is 2. The molecule has 3 aromatic carbocycles. The summed E-state index contributed by atoms with van der Waals surface area (Å²) in [5.41, 5.74) is 6.33. The second-order valence-corrected chi connectivity index (χ2v) is 7.44. The molecule has 0 aromatic heterocycles. The van der Waals surface area contributed by atoms with Crippen LogP contribution >= 0.6 is 0 Å². The summed E-state index contributed by atoms with van der Waals surface area (Å²) in [5, 5.41) is 20.1. The van der Waals surface area contributed by atoms with Crippen LogP contribution in [0.15, 0.2) is 60.7 Å². The lowest BCUT2D eigenvalue weighted by atomic mass is 9.93. The summed E-state index contributed by atoms with van der Waals surface area (Å²) in [6, 6.07) is 20.0. The van der Waals surface area contributed by atoms with E-state index in [1.54, 1.807) is 12.1 Å². The van der Waals surface area contributed by atoms with Crippen LogP contribution in [0.25, 0.3) is 22.3 Å². The van der Waals surface area contributed by atoms with E-state index in [0.717, 1.165) is 33.4 Å². The van der Waals surface area contributed by atoms with E-state index >= 15 is 0 Å². The average molecular weight is 346 g/mol. The van der Waals surface area contributed by atoms with Crippen molar-refractivity contribution in [1.82, 2.24) is 0 Å². The van der Waals surface area contributed by atoms with E-state index < -0.39 is 0 Å². The molecule has 134 valence electrons. The monoisotopic (exact) mass is 346 g/mol. The molecule has 0 spiro atoms. The molecule has 0 aliphatic rings. The third-order valence-electron chi connectivity index (χ3n) is 4.83. The average Bonchev–Trinajstić information content (AvgIpc) is 2.62. The van der Waals surface area contributed by atoms with Crippen molar-refractivity contribution in [2.45, 2.75) is 39.5 Å². The maximum Gasteiger partial charge on any atom is 0.119 e. The molecule has 0 atom stereocenters. The van der Waals surface area contributed by atoms with Gasteiger partial charge in [-0.15, -0.1) is 0 Å². The van der Waals surface area contributed by atoms with E-state index in [9.17, 15) is 10.2 Å². The third kappa shape index (κ3) is 3.60. The first kappa shape index (κ1) is 18.1. The Morgan fingerprint density at radius 2 is 0.923 bits per heavy atom. The minimum Gasteiger partial charge on any atom is -0.508 e. The Labute approximate surface area is 155 Å². The summed E-state index contributed by atoms with van der Waals surface area (Å²) in [4.78, 5) is 0. The highest BCUT2D eigenvalue weighted by Crippen LogP contribution is 2.34. The van der Waals surface area contributed by atoms with Crippen LogP contribution in [-0.4, -0.2) is 10.2 Å². The lowest BCUT2D eigenvalue weighted by molar-refractivity contribution is 0.464. The smallest absolute Gasteiger partial charge is 0.119 e. The van der Waals surface area contributed by atoms with Gasteiger partial charge in [0.15, 0.2) is 0 Å². The molecule has 2 N–H and O–H groups in total. The molecule has 0 unspecified atom stereocenters.